The largest absolute Gasteiger partial charge is 0.393 e. The third-order valence-corrected chi connectivity index (χ3v) is 3.43. The van der Waals surface area contributed by atoms with Gasteiger partial charge in [-0.3, -0.25) is 0 Å². The van der Waals surface area contributed by atoms with Crippen LogP contribution in [0.1, 0.15) is 44.2 Å². The number of hydrogen-bond donors (Lipinski definition) is 2. The van der Waals surface area contributed by atoms with E-state index in [0.717, 1.165) is 19.3 Å². The summed E-state index contributed by atoms with van der Waals surface area (Å²) in [6.07, 6.45) is 4.10. The Kier molecular flexibility index (Phi) is 3.97. The fourth-order valence-corrected chi connectivity index (χ4v) is 2.51. The second-order valence-electron chi connectivity index (χ2n) is 4.82. The van der Waals surface area contributed by atoms with E-state index in [0.29, 0.717) is 12.1 Å². The van der Waals surface area contributed by atoms with Crippen LogP contribution in [0.2, 0.25) is 0 Å². The first-order valence-corrected chi connectivity index (χ1v) is 6.25. The first kappa shape index (κ1) is 11.6. The lowest BCUT2D eigenvalue weighted by Crippen LogP contribution is -2.37. The highest BCUT2D eigenvalue weighted by atomic mass is 16.3. The summed E-state index contributed by atoms with van der Waals surface area (Å²) in [6, 6.07) is 11.3. The van der Waals surface area contributed by atoms with E-state index in [-0.39, 0.29) is 6.10 Å². The molecule has 88 valence electrons. The van der Waals surface area contributed by atoms with E-state index in [1.54, 1.807) is 0 Å². The van der Waals surface area contributed by atoms with Crippen molar-refractivity contribution in [1.82, 2.24) is 5.32 Å². The van der Waals surface area contributed by atoms with E-state index < -0.39 is 0 Å². The Labute approximate surface area is 97.7 Å². The lowest BCUT2D eigenvalue weighted by molar-refractivity contribution is 0.109. The zero-order valence-corrected chi connectivity index (χ0v) is 9.89. The van der Waals surface area contributed by atoms with Gasteiger partial charge in [0.05, 0.1) is 6.10 Å². The Balaban J connectivity index is 1.89. The van der Waals surface area contributed by atoms with Crippen LogP contribution in [0.25, 0.3) is 0 Å². The van der Waals surface area contributed by atoms with E-state index in [1.165, 1.54) is 12.0 Å². The quantitative estimate of drug-likeness (QED) is 0.819. The zero-order chi connectivity index (χ0) is 11.4. The van der Waals surface area contributed by atoms with Crippen molar-refractivity contribution >= 4 is 0 Å². The average Bonchev–Trinajstić information content (AvgIpc) is 2.30. The molecule has 0 aromatic heterocycles. The summed E-state index contributed by atoms with van der Waals surface area (Å²) < 4.78 is 0. The first-order valence-electron chi connectivity index (χ1n) is 6.25. The van der Waals surface area contributed by atoms with Crippen molar-refractivity contribution in [2.45, 2.75) is 50.8 Å². The van der Waals surface area contributed by atoms with Gasteiger partial charge in [0, 0.05) is 12.1 Å². The van der Waals surface area contributed by atoms with Crippen molar-refractivity contribution in [2.75, 3.05) is 0 Å². The van der Waals surface area contributed by atoms with Crippen LogP contribution in [0.15, 0.2) is 30.3 Å². The van der Waals surface area contributed by atoms with Crippen molar-refractivity contribution in [2.24, 2.45) is 0 Å². The Morgan fingerprint density at radius 1 is 1.25 bits per heavy atom. The SMILES string of the molecule is C[C@H](NC1CCC[C@H](O)C1)c1ccccc1. The Morgan fingerprint density at radius 2 is 2.00 bits per heavy atom. The van der Waals surface area contributed by atoms with Crippen LogP contribution in [0.3, 0.4) is 0 Å². The Morgan fingerprint density at radius 3 is 2.69 bits per heavy atom. The van der Waals surface area contributed by atoms with E-state index >= 15 is 0 Å². The van der Waals surface area contributed by atoms with E-state index in [1.807, 2.05) is 6.07 Å². The Bertz CT molecular complexity index is 312. The predicted molar refractivity (Wildman–Crippen MR) is 66.3 cm³/mol. The van der Waals surface area contributed by atoms with Gasteiger partial charge in [-0.05, 0) is 38.2 Å². The summed E-state index contributed by atoms with van der Waals surface area (Å²) >= 11 is 0. The average molecular weight is 219 g/mol. The van der Waals surface area contributed by atoms with Gasteiger partial charge >= 0.3 is 0 Å². The molecule has 1 saturated carbocycles. The molecule has 0 saturated heterocycles. The normalized spacial score (nSPS) is 27.6. The van der Waals surface area contributed by atoms with Crippen LogP contribution < -0.4 is 5.32 Å². The minimum Gasteiger partial charge on any atom is -0.393 e. The zero-order valence-electron chi connectivity index (χ0n) is 9.89. The molecule has 0 aliphatic heterocycles. The highest BCUT2D eigenvalue weighted by Crippen LogP contribution is 2.21. The van der Waals surface area contributed by atoms with Gasteiger partial charge in [0.25, 0.3) is 0 Å². The van der Waals surface area contributed by atoms with Crippen LogP contribution in [0.5, 0.6) is 0 Å². The molecule has 2 nitrogen and oxygen atoms in total. The number of aliphatic hydroxyl groups is 1. The number of hydrogen-bond acceptors (Lipinski definition) is 2. The van der Waals surface area contributed by atoms with Gasteiger partial charge in [0.1, 0.15) is 0 Å². The van der Waals surface area contributed by atoms with Crippen LogP contribution >= 0.6 is 0 Å². The van der Waals surface area contributed by atoms with Gasteiger partial charge < -0.3 is 10.4 Å². The Hall–Kier alpha value is -0.860. The molecule has 1 aliphatic rings. The minimum atomic E-state index is -0.103. The molecule has 0 amide bonds. The molecule has 1 aromatic carbocycles. The number of rotatable bonds is 3. The molecule has 1 fully saturated rings. The molecule has 0 spiro atoms. The van der Waals surface area contributed by atoms with Gasteiger partial charge in [-0.15, -0.1) is 0 Å². The lowest BCUT2D eigenvalue weighted by Gasteiger charge is -2.29. The molecule has 0 radical (unpaired) electrons. The molecule has 0 heterocycles. The maximum Gasteiger partial charge on any atom is 0.0555 e. The number of benzene rings is 1. The van der Waals surface area contributed by atoms with Crippen LogP contribution in [-0.2, 0) is 0 Å². The molecule has 2 N–H and O–H groups in total. The lowest BCUT2D eigenvalue weighted by atomic mass is 9.92. The van der Waals surface area contributed by atoms with Crippen molar-refractivity contribution in [3.05, 3.63) is 35.9 Å². The van der Waals surface area contributed by atoms with E-state index in [9.17, 15) is 5.11 Å². The molecule has 16 heavy (non-hydrogen) atoms. The van der Waals surface area contributed by atoms with Crippen LogP contribution in [0.4, 0.5) is 0 Å². The first-order chi connectivity index (χ1) is 7.75. The second kappa shape index (κ2) is 5.46. The predicted octanol–water partition coefficient (Wildman–Crippen LogP) is 2.64. The molecule has 2 heteroatoms. The molecule has 1 aromatic rings. The molecular formula is C14H21NO. The van der Waals surface area contributed by atoms with Crippen LogP contribution in [-0.4, -0.2) is 17.3 Å². The molecular weight excluding hydrogens is 198 g/mol. The highest BCUT2D eigenvalue weighted by Gasteiger charge is 2.21. The van der Waals surface area contributed by atoms with Crippen molar-refractivity contribution in [3.8, 4) is 0 Å². The number of aliphatic hydroxyl groups excluding tert-OH is 1. The van der Waals surface area contributed by atoms with Crippen molar-refractivity contribution < 1.29 is 5.11 Å². The van der Waals surface area contributed by atoms with Gasteiger partial charge in [-0.25, -0.2) is 0 Å². The van der Waals surface area contributed by atoms with E-state index in [2.05, 4.69) is 36.5 Å². The molecule has 1 unspecified atom stereocenters. The molecule has 1 aliphatic carbocycles. The summed E-state index contributed by atoms with van der Waals surface area (Å²) in [5, 5.41) is 13.2. The fourth-order valence-electron chi connectivity index (χ4n) is 2.51. The topological polar surface area (TPSA) is 32.3 Å². The van der Waals surface area contributed by atoms with E-state index in [4.69, 9.17) is 0 Å². The summed E-state index contributed by atoms with van der Waals surface area (Å²) in [4.78, 5) is 0. The maximum absolute atomic E-state index is 9.62. The third kappa shape index (κ3) is 3.06. The minimum absolute atomic E-state index is 0.103. The van der Waals surface area contributed by atoms with Gasteiger partial charge in [-0.2, -0.15) is 0 Å². The summed E-state index contributed by atoms with van der Waals surface area (Å²) in [6.45, 7) is 2.19. The van der Waals surface area contributed by atoms with Gasteiger partial charge in [0.15, 0.2) is 0 Å². The monoisotopic (exact) mass is 219 g/mol. The standard InChI is InChI=1S/C14H21NO/c1-11(12-6-3-2-4-7-12)15-13-8-5-9-14(16)10-13/h2-4,6-7,11,13-16H,5,8-10H2,1H3/t11-,13?,14-/m0/s1. The molecule has 3 atom stereocenters. The second-order valence-corrected chi connectivity index (χ2v) is 4.82. The summed E-state index contributed by atoms with van der Waals surface area (Å²) in [7, 11) is 0. The number of nitrogens with one attached hydrogen (secondary N) is 1. The smallest absolute Gasteiger partial charge is 0.0555 e. The van der Waals surface area contributed by atoms with Crippen molar-refractivity contribution in [3.63, 3.8) is 0 Å². The third-order valence-electron chi connectivity index (χ3n) is 3.43. The maximum atomic E-state index is 9.62. The van der Waals surface area contributed by atoms with Gasteiger partial charge in [0.2, 0.25) is 0 Å². The highest BCUT2D eigenvalue weighted by molar-refractivity contribution is 5.18. The molecule has 0 bridgehead atoms. The summed E-state index contributed by atoms with van der Waals surface area (Å²) in [5.41, 5.74) is 1.32. The van der Waals surface area contributed by atoms with Crippen LogP contribution in [0, 0.1) is 0 Å². The molecule has 2 rings (SSSR count). The van der Waals surface area contributed by atoms with Gasteiger partial charge in [-0.1, -0.05) is 30.3 Å². The fraction of sp³-hybridized carbons (Fsp3) is 0.571. The van der Waals surface area contributed by atoms with Crippen molar-refractivity contribution in [1.29, 1.82) is 0 Å². The summed E-state index contributed by atoms with van der Waals surface area (Å²) in [5.74, 6) is 0.